The number of nitrogens with zero attached hydrogens (tertiary/aromatic N) is 2. The van der Waals surface area contributed by atoms with Gasteiger partial charge in [0.25, 0.3) is 0 Å². The van der Waals surface area contributed by atoms with Crippen molar-refractivity contribution in [3.8, 4) is 11.3 Å². The number of aromatic carboxylic acids is 1. The van der Waals surface area contributed by atoms with Crippen molar-refractivity contribution >= 4 is 5.97 Å². The van der Waals surface area contributed by atoms with Crippen molar-refractivity contribution in [3.63, 3.8) is 0 Å². The van der Waals surface area contributed by atoms with Crippen molar-refractivity contribution in [3.05, 3.63) is 84.6 Å². The summed E-state index contributed by atoms with van der Waals surface area (Å²) in [5.41, 5.74) is 1.29. The Morgan fingerprint density at radius 2 is 1.48 bits per heavy atom. The van der Waals surface area contributed by atoms with Crippen LogP contribution in [0.1, 0.15) is 10.5 Å². The summed E-state index contributed by atoms with van der Waals surface area (Å²) in [6.45, 7) is 0. The first-order chi connectivity index (χ1) is 10.7. The summed E-state index contributed by atoms with van der Waals surface area (Å²) < 4.78 is 13.2. The van der Waals surface area contributed by atoms with Crippen LogP contribution in [0.4, 0.5) is 4.39 Å². The van der Waals surface area contributed by atoms with Crippen molar-refractivity contribution in [2.75, 3.05) is 0 Å². The maximum atomic E-state index is 13.2. The molecule has 2 heterocycles. The number of rotatable bonds is 2. The first-order valence-electron chi connectivity index (χ1n) is 6.49. The molecule has 3 aromatic rings. The Kier molecular flexibility index (Phi) is 7.74. The molecule has 1 aromatic carbocycles. The van der Waals surface area contributed by atoms with Gasteiger partial charge in [-0.25, -0.2) is 14.2 Å². The van der Waals surface area contributed by atoms with E-state index in [-0.39, 0.29) is 31.6 Å². The molecule has 2 aromatic heterocycles. The minimum atomic E-state index is -0.990. The van der Waals surface area contributed by atoms with Gasteiger partial charge in [0.05, 0.1) is 5.69 Å². The molecule has 1 radical (unpaired) electrons. The van der Waals surface area contributed by atoms with E-state index in [9.17, 15) is 9.18 Å². The maximum absolute atomic E-state index is 13.2. The largest absolute Gasteiger partial charge is 0.477 e. The molecule has 119 valence electrons. The fourth-order valence-electron chi connectivity index (χ4n) is 1.68. The van der Waals surface area contributed by atoms with Crippen molar-refractivity contribution < 1.29 is 34.4 Å². The maximum Gasteiger partial charge on any atom is 0.354 e. The number of hydrogen-bond acceptors (Lipinski definition) is 3. The van der Waals surface area contributed by atoms with Crippen LogP contribution in [0, 0.1) is 5.82 Å². The SMILES string of the molecule is Fc1ccccc1-c1ccccn1.O=C(O)c1ccccn1.[Ir]. The fraction of sp³-hybridized carbons (Fsp3) is 0. The zero-order chi connectivity index (χ0) is 15.8. The summed E-state index contributed by atoms with van der Waals surface area (Å²) in [4.78, 5) is 17.8. The minimum absolute atomic E-state index is 0. The van der Waals surface area contributed by atoms with Gasteiger partial charge in [-0.2, -0.15) is 0 Å². The molecule has 0 spiro atoms. The molecule has 0 aliphatic carbocycles. The minimum Gasteiger partial charge on any atom is -0.477 e. The van der Waals surface area contributed by atoms with Crippen LogP contribution in [0.15, 0.2) is 73.1 Å². The summed E-state index contributed by atoms with van der Waals surface area (Å²) in [5.74, 6) is -1.23. The second-order valence-electron chi connectivity index (χ2n) is 4.21. The van der Waals surface area contributed by atoms with Gasteiger partial charge in [-0.1, -0.05) is 24.3 Å². The average molecular weight is 489 g/mol. The van der Waals surface area contributed by atoms with Crippen molar-refractivity contribution in [2.24, 2.45) is 0 Å². The third kappa shape index (κ3) is 5.69. The molecule has 3 rings (SSSR count). The Bertz CT molecular complexity index is 740. The predicted molar refractivity (Wildman–Crippen MR) is 80.8 cm³/mol. The zero-order valence-corrected chi connectivity index (χ0v) is 14.3. The third-order valence-electron chi connectivity index (χ3n) is 2.70. The molecule has 0 saturated carbocycles. The van der Waals surface area contributed by atoms with Gasteiger partial charge in [-0.15, -0.1) is 0 Å². The van der Waals surface area contributed by atoms with Crippen LogP contribution in [0.2, 0.25) is 0 Å². The normalized spacial score (nSPS) is 9.09. The molecule has 0 aliphatic heterocycles. The number of halogens is 1. The topological polar surface area (TPSA) is 63.1 Å². The van der Waals surface area contributed by atoms with Crippen molar-refractivity contribution in [1.29, 1.82) is 0 Å². The fourth-order valence-corrected chi connectivity index (χ4v) is 1.68. The van der Waals surface area contributed by atoms with Crippen LogP contribution in [0.5, 0.6) is 0 Å². The van der Waals surface area contributed by atoms with Gasteiger partial charge in [-0.05, 0) is 36.4 Å². The summed E-state index contributed by atoms with van der Waals surface area (Å²) in [5, 5.41) is 8.32. The monoisotopic (exact) mass is 489 g/mol. The molecular weight excluding hydrogens is 475 g/mol. The van der Waals surface area contributed by atoms with E-state index in [0.29, 0.717) is 11.3 Å². The summed E-state index contributed by atoms with van der Waals surface area (Å²) >= 11 is 0. The molecule has 6 heteroatoms. The molecule has 0 atom stereocenters. The van der Waals surface area contributed by atoms with Gasteiger partial charge >= 0.3 is 5.97 Å². The summed E-state index contributed by atoms with van der Waals surface area (Å²) in [6.07, 6.45) is 3.10. The third-order valence-corrected chi connectivity index (χ3v) is 2.70. The number of benzene rings is 1. The Morgan fingerprint density at radius 1 is 0.870 bits per heavy atom. The number of carbonyl (C=O) groups is 1. The van der Waals surface area contributed by atoms with Crippen LogP contribution in [-0.4, -0.2) is 21.0 Å². The van der Waals surface area contributed by atoms with E-state index >= 15 is 0 Å². The van der Waals surface area contributed by atoms with Crippen LogP contribution >= 0.6 is 0 Å². The quantitative estimate of drug-likeness (QED) is 0.598. The van der Waals surface area contributed by atoms with Crippen LogP contribution in [-0.2, 0) is 20.1 Å². The van der Waals surface area contributed by atoms with Crippen LogP contribution < -0.4 is 0 Å². The number of aromatic nitrogens is 2. The molecule has 0 saturated heterocycles. The average Bonchev–Trinajstić information content (AvgIpc) is 2.57. The van der Waals surface area contributed by atoms with Crippen LogP contribution in [0.3, 0.4) is 0 Å². The molecule has 4 nitrogen and oxygen atoms in total. The Morgan fingerprint density at radius 3 is 1.96 bits per heavy atom. The first-order valence-corrected chi connectivity index (χ1v) is 6.49. The van der Waals surface area contributed by atoms with E-state index in [2.05, 4.69) is 9.97 Å². The first kappa shape index (κ1) is 18.6. The van der Waals surface area contributed by atoms with Gasteiger partial charge in [0.15, 0.2) is 0 Å². The molecule has 0 fully saturated rings. The number of hydrogen-bond donors (Lipinski definition) is 1. The van der Waals surface area contributed by atoms with E-state index < -0.39 is 5.97 Å². The number of carboxylic acids is 1. The molecule has 1 N–H and O–H groups in total. The predicted octanol–water partition coefficient (Wildman–Crippen LogP) is 3.67. The molecule has 0 bridgehead atoms. The van der Waals surface area contributed by atoms with E-state index in [0.717, 1.165) is 0 Å². The number of pyridine rings is 2. The molecular formula is C17H13FIrN2O2. The second kappa shape index (κ2) is 9.56. The Hall–Kier alpha value is -2.43. The van der Waals surface area contributed by atoms with Gasteiger partial charge in [0.1, 0.15) is 11.5 Å². The van der Waals surface area contributed by atoms with Gasteiger partial charge < -0.3 is 5.11 Å². The zero-order valence-electron chi connectivity index (χ0n) is 11.9. The van der Waals surface area contributed by atoms with E-state index in [1.807, 2.05) is 12.1 Å². The van der Waals surface area contributed by atoms with E-state index in [1.54, 1.807) is 42.6 Å². The Labute approximate surface area is 146 Å². The van der Waals surface area contributed by atoms with E-state index in [1.165, 1.54) is 18.3 Å². The summed E-state index contributed by atoms with van der Waals surface area (Å²) in [6, 6.07) is 16.8. The molecule has 0 unspecified atom stereocenters. The van der Waals surface area contributed by atoms with Crippen molar-refractivity contribution in [2.45, 2.75) is 0 Å². The molecule has 0 amide bonds. The smallest absolute Gasteiger partial charge is 0.354 e. The molecule has 0 aliphatic rings. The van der Waals surface area contributed by atoms with Crippen molar-refractivity contribution in [1.82, 2.24) is 9.97 Å². The molecule has 23 heavy (non-hydrogen) atoms. The summed E-state index contributed by atoms with van der Waals surface area (Å²) in [7, 11) is 0. The standard InChI is InChI=1S/C11H8FN.C6H5NO2.Ir/c12-10-6-2-1-5-9(10)11-7-3-4-8-13-11;8-6(9)5-3-1-2-4-7-5;/h1-8H;1-4H,(H,8,9);. The second-order valence-corrected chi connectivity index (χ2v) is 4.21. The van der Waals surface area contributed by atoms with Gasteiger partial charge in [0, 0.05) is 38.1 Å². The Balaban J connectivity index is 0.000000235. The van der Waals surface area contributed by atoms with Gasteiger partial charge in [-0.3, -0.25) is 4.98 Å². The van der Waals surface area contributed by atoms with E-state index in [4.69, 9.17) is 5.11 Å². The van der Waals surface area contributed by atoms with Gasteiger partial charge in [0.2, 0.25) is 0 Å². The van der Waals surface area contributed by atoms with Crippen LogP contribution in [0.25, 0.3) is 11.3 Å². The number of carboxylic acid groups (broad SMARTS) is 1.